The molecule has 16 heavy (non-hydrogen) atoms. The van der Waals surface area contributed by atoms with Crippen molar-refractivity contribution < 1.29 is 4.79 Å². The van der Waals surface area contributed by atoms with Gasteiger partial charge in [0.05, 0.1) is 5.39 Å². The minimum atomic E-state index is -0.405. The van der Waals surface area contributed by atoms with Crippen LogP contribution in [-0.4, -0.2) is 21.8 Å². The first kappa shape index (κ1) is 11.1. The molecule has 0 radical (unpaired) electrons. The van der Waals surface area contributed by atoms with E-state index in [1.54, 1.807) is 0 Å². The van der Waals surface area contributed by atoms with E-state index in [4.69, 9.17) is 11.6 Å². The second-order valence-electron chi connectivity index (χ2n) is 3.20. The molecule has 5 nitrogen and oxygen atoms in total. The van der Waals surface area contributed by atoms with Gasteiger partial charge in [0.2, 0.25) is 11.9 Å². The summed E-state index contributed by atoms with van der Waals surface area (Å²) >= 11 is 6.70. The zero-order chi connectivity index (χ0) is 11.7. The average Bonchev–Trinajstić information content (AvgIpc) is 2.60. The minimum absolute atomic E-state index is 0.130. The Bertz CT molecular complexity index is 604. The second kappa shape index (κ2) is 4.23. The minimum Gasteiger partial charge on any atom is -0.295 e. The fraction of sp³-hybridized carbons (Fsp3) is 0.222. The molecule has 2 heterocycles. The molecule has 0 fully saturated rings. The van der Waals surface area contributed by atoms with Crippen molar-refractivity contribution in [2.45, 2.75) is 6.92 Å². The fourth-order valence-electron chi connectivity index (χ4n) is 1.31. The predicted octanol–water partition coefficient (Wildman–Crippen LogP) is 1.47. The number of nitrogens with zero attached hydrogens (tertiary/aromatic N) is 1. The van der Waals surface area contributed by atoms with E-state index in [1.807, 2.05) is 12.3 Å². The third kappa shape index (κ3) is 1.94. The number of aromatic nitrogens is 2. The van der Waals surface area contributed by atoms with Gasteiger partial charge >= 0.3 is 0 Å². The van der Waals surface area contributed by atoms with E-state index in [1.165, 1.54) is 11.3 Å². The summed E-state index contributed by atoms with van der Waals surface area (Å²) in [7, 11) is 0. The number of thiophene rings is 1. The van der Waals surface area contributed by atoms with E-state index in [0.29, 0.717) is 10.2 Å². The van der Waals surface area contributed by atoms with Gasteiger partial charge in [-0.15, -0.1) is 22.9 Å². The summed E-state index contributed by atoms with van der Waals surface area (Å²) in [5, 5.41) is 4.81. The van der Waals surface area contributed by atoms with Gasteiger partial charge in [0.25, 0.3) is 5.56 Å². The van der Waals surface area contributed by atoms with E-state index in [-0.39, 0.29) is 17.4 Å². The Morgan fingerprint density at radius 1 is 1.69 bits per heavy atom. The van der Waals surface area contributed by atoms with Gasteiger partial charge in [0, 0.05) is 0 Å². The third-order valence-corrected chi connectivity index (χ3v) is 3.24. The molecule has 0 unspecified atom stereocenters. The lowest BCUT2D eigenvalue weighted by Crippen LogP contribution is -2.18. The van der Waals surface area contributed by atoms with Crippen molar-refractivity contribution in [2.24, 2.45) is 0 Å². The molecule has 1 amide bonds. The molecule has 2 aromatic heterocycles. The molecular weight excluding hydrogens is 250 g/mol. The molecule has 0 saturated carbocycles. The van der Waals surface area contributed by atoms with Crippen molar-refractivity contribution in [1.29, 1.82) is 0 Å². The Morgan fingerprint density at radius 3 is 3.12 bits per heavy atom. The lowest BCUT2D eigenvalue weighted by Gasteiger charge is -2.01. The largest absolute Gasteiger partial charge is 0.295 e. The zero-order valence-electron chi connectivity index (χ0n) is 8.33. The molecule has 0 atom stereocenters. The van der Waals surface area contributed by atoms with Crippen molar-refractivity contribution in [3.63, 3.8) is 0 Å². The molecule has 2 aromatic rings. The normalized spacial score (nSPS) is 10.6. The summed E-state index contributed by atoms with van der Waals surface area (Å²) < 4.78 is 0. The fourth-order valence-corrected chi connectivity index (χ4v) is 2.30. The number of halogens is 1. The number of nitrogens with one attached hydrogen (secondary N) is 2. The van der Waals surface area contributed by atoms with Crippen LogP contribution in [0, 0.1) is 6.92 Å². The standard InChI is InChI=1S/C9H8ClN3O2S/c1-4-3-16-8-6(4)7(15)12-9(13-8)11-5(14)2-10/h3H,2H2,1H3,(H2,11,12,13,14,15). The topological polar surface area (TPSA) is 74.8 Å². The Kier molecular flexibility index (Phi) is 2.93. The number of aryl methyl sites for hydroxylation is 1. The summed E-state index contributed by atoms with van der Waals surface area (Å²) in [6.45, 7) is 1.84. The van der Waals surface area contributed by atoms with Crippen LogP contribution in [0.1, 0.15) is 5.56 Å². The highest BCUT2D eigenvalue weighted by Crippen LogP contribution is 2.20. The van der Waals surface area contributed by atoms with Crippen LogP contribution in [0.25, 0.3) is 10.2 Å². The van der Waals surface area contributed by atoms with Crippen LogP contribution in [0.5, 0.6) is 0 Å². The number of hydrogen-bond acceptors (Lipinski definition) is 4. The molecule has 0 spiro atoms. The van der Waals surface area contributed by atoms with Crippen molar-refractivity contribution in [3.05, 3.63) is 21.3 Å². The lowest BCUT2D eigenvalue weighted by molar-refractivity contribution is -0.114. The number of hydrogen-bond donors (Lipinski definition) is 2. The Labute approximate surface area is 99.5 Å². The highest BCUT2D eigenvalue weighted by Gasteiger charge is 2.09. The van der Waals surface area contributed by atoms with Gasteiger partial charge < -0.3 is 0 Å². The molecule has 0 aliphatic rings. The van der Waals surface area contributed by atoms with Gasteiger partial charge in [-0.2, -0.15) is 0 Å². The quantitative estimate of drug-likeness (QED) is 0.800. The first-order valence-electron chi connectivity index (χ1n) is 4.45. The monoisotopic (exact) mass is 257 g/mol. The highest BCUT2D eigenvalue weighted by atomic mass is 35.5. The van der Waals surface area contributed by atoms with E-state index < -0.39 is 5.91 Å². The SMILES string of the molecule is Cc1csc2nc(NC(=O)CCl)[nH]c(=O)c12. The van der Waals surface area contributed by atoms with Crippen LogP contribution in [0.4, 0.5) is 5.95 Å². The average molecular weight is 258 g/mol. The number of rotatable bonds is 2. The number of fused-ring (bicyclic) bond motifs is 1. The maximum Gasteiger partial charge on any atom is 0.261 e. The van der Waals surface area contributed by atoms with Gasteiger partial charge in [-0.3, -0.25) is 19.9 Å². The maximum atomic E-state index is 11.7. The van der Waals surface area contributed by atoms with Gasteiger partial charge in [-0.1, -0.05) is 0 Å². The molecule has 2 rings (SSSR count). The Balaban J connectivity index is 2.51. The molecule has 7 heteroatoms. The number of carbonyl (C=O) groups is 1. The van der Waals surface area contributed by atoms with Crippen LogP contribution < -0.4 is 10.9 Å². The van der Waals surface area contributed by atoms with Gasteiger partial charge in [0.15, 0.2) is 0 Å². The van der Waals surface area contributed by atoms with Crippen LogP contribution in [0.3, 0.4) is 0 Å². The van der Waals surface area contributed by atoms with Gasteiger partial charge in [-0.05, 0) is 17.9 Å². The summed E-state index contributed by atoms with van der Waals surface area (Å²) in [5.41, 5.74) is 0.623. The Hall–Kier alpha value is -1.40. The highest BCUT2D eigenvalue weighted by molar-refractivity contribution is 7.16. The summed E-state index contributed by atoms with van der Waals surface area (Å²) in [6, 6.07) is 0. The maximum absolute atomic E-state index is 11.7. The molecule has 0 saturated heterocycles. The molecule has 84 valence electrons. The molecule has 2 N–H and O–H groups in total. The molecule has 0 aromatic carbocycles. The lowest BCUT2D eigenvalue weighted by atomic mass is 10.3. The number of amides is 1. The predicted molar refractivity (Wildman–Crippen MR) is 64.3 cm³/mol. The van der Waals surface area contributed by atoms with Crippen LogP contribution in [0.2, 0.25) is 0 Å². The molecule has 0 aliphatic carbocycles. The number of H-pyrrole nitrogens is 1. The van der Waals surface area contributed by atoms with Crippen molar-refractivity contribution in [1.82, 2.24) is 9.97 Å². The molecular formula is C9H8ClN3O2S. The second-order valence-corrected chi connectivity index (χ2v) is 4.32. The molecule has 0 aliphatic heterocycles. The van der Waals surface area contributed by atoms with E-state index in [2.05, 4.69) is 15.3 Å². The Morgan fingerprint density at radius 2 is 2.44 bits per heavy atom. The van der Waals surface area contributed by atoms with Crippen LogP contribution >= 0.6 is 22.9 Å². The van der Waals surface area contributed by atoms with Crippen LogP contribution in [0.15, 0.2) is 10.2 Å². The van der Waals surface area contributed by atoms with Gasteiger partial charge in [-0.25, -0.2) is 4.98 Å². The van der Waals surface area contributed by atoms with Crippen molar-refractivity contribution in [2.75, 3.05) is 11.2 Å². The number of carbonyl (C=O) groups excluding carboxylic acids is 1. The zero-order valence-corrected chi connectivity index (χ0v) is 9.91. The van der Waals surface area contributed by atoms with Crippen molar-refractivity contribution >= 4 is 45.0 Å². The number of anilines is 1. The first-order chi connectivity index (χ1) is 7.61. The smallest absolute Gasteiger partial charge is 0.261 e. The summed E-state index contributed by atoms with van der Waals surface area (Å²) in [6.07, 6.45) is 0. The third-order valence-electron chi connectivity index (χ3n) is 2.01. The van der Waals surface area contributed by atoms with Crippen LogP contribution in [-0.2, 0) is 4.79 Å². The van der Waals surface area contributed by atoms with E-state index in [9.17, 15) is 9.59 Å². The van der Waals surface area contributed by atoms with Gasteiger partial charge in [0.1, 0.15) is 10.7 Å². The van der Waals surface area contributed by atoms with E-state index >= 15 is 0 Å². The summed E-state index contributed by atoms with van der Waals surface area (Å²) in [4.78, 5) is 29.9. The molecule has 0 bridgehead atoms. The summed E-state index contributed by atoms with van der Waals surface area (Å²) in [5.74, 6) is -0.451. The van der Waals surface area contributed by atoms with E-state index in [0.717, 1.165) is 5.56 Å². The van der Waals surface area contributed by atoms with Crippen molar-refractivity contribution in [3.8, 4) is 0 Å². The first-order valence-corrected chi connectivity index (χ1v) is 5.87. The number of aromatic amines is 1. The number of alkyl halides is 1.